The van der Waals surface area contributed by atoms with Crippen molar-refractivity contribution in [3.05, 3.63) is 0 Å². The Hall–Kier alpha value is -0.610. The Balaban J connectivity index is 2.03. The first-order chi connectivity index (χ1) is 7.65. The van der Waals surface area contributed by atoms with Gasteiger partial charge in [-0.2, -0.15) is 0 Å². The van der Waals surface area contributed by atoms with Crippen LogP contribution in [0.5, 0.6) is 0 Å². The van der Waals surface area contributed by atoms with E-state index in [2.05, 4.69) is 5.32 Å². The van der Waals surface area contributed by atoms with Crippen molar-refractivity contribution in [1.82, 2.24) is 5.32 Å². The fraction of sp³-hybridized carbons (Fsp3) is 0.917. The summed E-state index contributed by atoms with van der Waals surface area (Å²) in [5.41, 5.74) is 5.48. The third kappa shape index (κ3) is 4.49. The summed E-state index contributed by atoms with van der Waals surface area (Å²) in [6.45, 7) is 6.13. The minimum absolute atomic E-state index is 0.153. The van der Waals surface area contributed by atoms with E-state index in [4.69, 9.17) is 10.5 Å². The zero-order chi connectivity index (χ0) is 12.0. The molecule has 0 aromatic rings. The largest absolute Gasteiger partial charge is 0.378 e. The van der Waals surface area contributed by atoms with Crippen molar-refractivity contribution in [3.63, 3.8) is 0 Å². The molecule has 16 heavy (non-hydrogen) atoms. The molecule has 1 saturated carbocycles. The van der Waals surface area contributed by atoms with Crippen LogP contribution in [-0.4, -0.2) is 31.7 Å². The zero-order valence-electron chi connectivity index (χ0n) is 10.4. The zero-order valence-corrected chi connectivity index (χ0v) is 10.4. The quantitative estimate of drug-likeness (QED) is 0.680. The lowest BCUT2D eigenvalue weighted by molar-refractivity contribution is -0.124. The Morgan fingerprint density at radius 2 is 2.25 bits per heavy atom. The second-order valence-corrected chi connectivity index (χ2v) is 4.76. The number of nitrogens with two attached hydrogens (primary N) is 1. The molecule has 4 heteroatoms. The molecule has 0 bridgehead atoms. The first-order valence-corrected chi connectivity index (χ1v) is 6.24. The van der Waals surface area contributed by atoms with Gasteiger partial charge in [0.1, 0.15) is 0 Å². The fourth-order valence-electron chi connectivity index (χ4n) is 1.92. The van der Waals surface area contributed by atoms with Gasteiger partial charge in [0, 0.05) is 19.6 Å². The molecule has 4 nitrogen and oxygen atoms in total. The molecule has 0 radical (unpaired) electrons. The van der Waals surface area contributed by atoms with Crippen LogP contribution in [0.4, 0.5) is 0 Å². The SMILES string of the molecule is CCOC1CC(CC(=O)NCC(C)CN)C1. The van der Waals surface area contributed by atoms with Crippen LogP contribution in [0.2, 0.25) is 0 Å². The molecule has 0 saturated heterocycles. The van der Waals surface area contributed by atoms with Gasteiger partial charge in [-0.25, -0.2) is 0 Å². The molecule has 1 atom stereocenters. The number of ether oxygens (including phenoxy) is 1. The highest BCUT2D eigenvalue weighted by Gasteiger charge is 2.30. The summed E-state index contributed by atoms with van der Waals surface area (Å²) in [5.74, 6) is 1.03. The molecule has 0 heterocycles. The summed E-state index contributed by atoms with van der Waals surface area (Å²) in [7, 11) is 0. The average molecular weight is 228 g/mol. The van der Waals surface area contributed by atoms with Gasteiger partial charge in [-0.3, -0.25) is 4.79 Å². The monoisotopic (exact) mass is 228 g/mol. The van der Waals surface area contributed by atoms with E-state index in [-0.39, 0.29) is 5.91 Å². The summed E-state index contributed by atoms with van der Waals surface area (Å²) in [4.78, 5) is 11.5. The van der Waals surface area contributed by atoms with Crippen molar-refractivity contribution in [2.45, 2.75) is 39.2 Å². The van der Waals surface area contributed by atoms with E-state index in [9.17, 15) is 4.79 Å². The maximum Gasteiger partial charge on any atom is 0.220 e. The van der Waals surface area contributed by atoms with Gasteiger partial charge in [-0.1, -0.05) is 6.92 Å². The van der Waals surface area contributed by atoms with Crippen molar-refractivity contribution in [2.75, 3.05) is 19.7 Å². The van der Waals surface area contributed by atoms with Crippen LogP contribution in [0.3, 0.4) is 0 Å². The molecule has 1 amide bonds. The van der Waals surface area contributed by atoms with Gasteiger partial charge in [-0.05, 0) is 38.1 Å². The molecule has 0 aromatic heterocycles. The summed E-state index contributed by atoms with van der Waals surface area (Å²) in [6.07, 6.45) is 3.10. The minimum atomic E-state index is 0.153. The Morgan fingerprint density at radius 1 is 1.56 bits per heavy atom. The van der Waals surface area contributed by atoms with E-state index >= 15 is 0 Å². The van der Waals surface area contributed by atoms with Crippen LogP contribution in [0, 0.1) is 11.8 Å². The van der Waals surface area contributed by atoms with Crippen LogP contribution in [0.15, 0.2) is 0 Å². The van der Waals surface area contributed by atoms with Crippen LogP contribution in [0.1, 0.15) is 33.1 Å². The van der Waals surface area contributed by atoms with Gasteiger partial charge in [0.25, 0.3) is 0 Å². The lowest BCUT2D eigenvalue weighted by atomic mass is 9.80. The normalized spacial score (nSPS) is 25.9. The molecule has 1 aliphatic carbocycles. The molecule has 0 aromatic carbocycles. The van der Waals surface area contributed by atoms with Crippen LogP contribution >= 0.6 is 0 Å². The molecule has 94 valence electrons. The number of carbonyl (C=O) groups is 1. The van der Waals surface area contributed by atoms with E-state index in [1.165, 1.54) is 0 Å². The summed E-state index contributed by atoms with van der Waals surface area (Å²) >= 11 is 0. The maximum atomic E-state index is 11.5. The highest BCUT2D eigenvalue weighted by molar-refractivity contribution is 5.76. The van der Waals surface area contributed by atoms with Crippen molar-refractivity contribution in [2.24, 2.45) is 17.6 Å². The van der Waals surface area contributed by atoms with E-state index < -0.39 is 0 Å². The van der Waals surface area contributed by atoms with Crippen molar-refractivity contribution in [3.8, 4) is 0 Å². The molecule has 3 N–H and O–H groups in total. The summed E-state index contributed by atoms with van der Waals surface area (Å²) in [6, 6.07) is 0. The van der Waals surface area contributed by atoms with Gasteiger partial charge >= 0.3 is 0 Å². The number of carbonyl (C=O) groups excluding carboxylic acids is 1. The second kappa shape index (κ2) is 6.86. The topological polar surface area (TPSA) is 64.3 Å². The van der Waals surface area contributed by atoms with E-state index in [0.717, 1.165) is 19.4 Å². The molecule has 1 fully saturated rings. The van der Waals surface area contributed by atoms with Gasteiger partial charge in [0.15, 0.2) is 0 Å². The summed E-state index contributed by atoms with van der Waals surface area (Å²) in [5, 5.41) is 2.92. The van der Waals surface area contributed by atoms with Crippen LogP contribution < -0.4 is 11.1 Å². The lowest BCUT2D eigenvalue weighted by Crippen LogP contribution is -2.37. The summed E-state index contributed by atoms with van der Waals surface area (Å²) < 4.78 is 5.46. The van der Waals surface area contributed by atoms with E-state index in [0.29, 0.717) is 37.5 Å². The lowest BCUT2D eigenvalue weighted by Gasteiger charge is -2.34. The molecule has 0 spiro atoms. The van der Waals surface area contributed by atoms with E-state index in [1.54, 1.807) is 0 Å². The Labute approximate surface area is 97.9 Å². The standard InChI is InChI=1S/C12H24N2O2/c1-3-16-11-4-10(5-11)6-12(15)14-8-9(2)7-13/h9-11H,3-8,13H2,1-2H3,(H,14,15). The van der Waals surface area contributed by atoms with Gasteiger partial charge in [0.2, 0.25) is 5.91 Å². The number of hydrogen-bond donors (Lipinski definition) is 2. The first kappa shape index (κ1) is 13.5. The van der Waals surface area contributed by atoms with E-state index in [1.807, 2.05) is 13.8 Å². The van der Waals surface area contributed by atoms with Crippen molar-refractivity contribution >= 4 is 5.91 Å². The maximum absolute atomic E-state index is 11.5. The van der Waals surface area contributed by atoms with Gasteiger partial charge in [0.05, 0.1) is 6.10 Å². The van der Waals surface area contributed by atoms with Crippen molar-refractivity contribution < 1.29 is 9.53 Å². The molecule has 1 rings (SSSR count). The van der Waals surface area contributed by atoms with Gasteiger partial charge < -0.3 is 15.8 Å². The molecule has 1 unspecified atom stereocenters. The molecular formula is C12H24N2O2. The Morgan fingerprint density at radius 3 is 2.81 bits per heavy atom. The predicted octanol–water partition coefficient (Wildman–Crippen LogP) is 0.903. The fourth-order valence-corrected chi connectivity index (χ4v) is 1.92. The third-order valence-corrected chi connectivity index (χ3v) is 3.12. The van der Waals surface area contributed by atoms with Gasteiger partial charge in [-0.15, -0.1) is 0 Å². The van der Waals surface area contributed by atoms with Crippen LogP contribution in [0.25, 0.3) is 0 Å². The first-order valence-electron chi connectivity index (χ1n) is 6.24. The number of hydrogen-bond acceptors (Lipinski definition) is 3. The molecule has 0 aliphatic heterocycles. The third-order valence-electron chi connectivity index (χ3n) is 3.12. The van der Waals surface area contributed by atoms with Crippen molar-refractivity contribution in [1.29, 1.82) is 0 Å². The van der Waals surface area contributed by atoms with Crippen LogP contribution in [-0.2, 0) is 9.53 Å². The highest BCUT2D eigenvalue weighted by Crippen LogP contribution is 2.32. The number of rotatable bonds is 7. The molecule has 1 aliphatic rings. The average Bonchev–Trinajstić information content (AvgIpc) is 2.23. The smallest absolute Gasteiger partial charge is 0.220 e. The molecular weight excluding hydrogens is 204 g/mol. The number of nitrogens with one attached hydrogen (secondary N) is 1. The Bertz CT molecular complexity index is 215. The second-order valence-electron chi connectivity index (χ2n) is 4.76. The minimum Gasteiger partial charge on any atom is -0.378 e. The highest BCUT2D eigenvalue weighted by atomic mass is 16.5. The number of amides is 1. The predicted molar refractivity (Wildman–Crippen MR) is 64.0 cm³/mol. The Kier molecular flexibility index (Phi) is 5.77.